The van der Waals surface area contributed by atoms with Gasteiger partial charge in [0, 0.05) is 24.6 Å². The lowest BCUT2D eigenvalue weighted by atomic mass is 9.96. The molecule has 0 spiro atoms. The SMILES string of the molecule is COc1ccc(OC)c(-c2cc(C(=O)N3CCC(c4nnc(-c5ccco5)o4)CC3)[nH]n2)c1. The Labute approximate surface area is 189 Å². The van der Waals surface area contributed by atoms with Crippen molar-refractivity contribution in [2.45, 2.75) is 18.8 Å². The van der Waals surface area contributed by atoms with Crippen molar-refractivity contribution in [2.24, 2.45) is 0 Å². The van der Waals surface area contributed by atoms with Crippen LogP contribution < -0.4 is 9.47 Å². The Balaban J connectivity index is 1.25. The van der Waals surface area contributed by atoms with Crippen LogP contribution in [0.3, 0.4) is 0 Å². The zero-order valence-corrected chi connectivity index (χ0v) is 18.3. The van der Waals surface area contributed by atoms with E-state index in [1.54, 1.807) is 43.6 Å². The maximum atomic E-state index is 13.1. The van der Waals surface area contributed by atoms with Crippen molar-refractivity contribution in [1.29, 1.82) is 0 Å². The molecule has 0 saturated carbocycles. The van der Waals surface area contributed by atoms with E-state index >= 15 is 0 Å². The minimum Gasteiger partial charge on any atom is -0.497 e. The van der Waals surface area contributed by atoms with Crippen molar-refractivity contribution in [2.75, 3.05) is 27.3 Å². The Morgan fingerprint density at radius 2 is 1.97 bits per heavy atom. The fourth-order valence-corrected chi connectivity index (χ4v) is 3.98. The summed E-state index contributed by atoms with van der Waals surface area (Å²) >= 11 is 0. The molecule has 4 aromatic rings. The van der Waals surface area contributed by atoms with Crippen molar-refractivity contribution in [3.05, 3.63) is 54.2 Å². The quantitative estimate of drug-likeness (QED) is 0.473. The van der Waals surface area contributed by atoms with Gasteiger partial charge < -0.3 is 23.2 Å². The number of aromatic nitrogens is 4. The van der Waals surface area contributed by atoms with Gasteiger partial charge in [0.1, 0.15) is 17.2 Å². The monoisotopic (exact) mass is 449 g/mol. The number of H-pyrrole nitrogens is 1. The summed E-state index contributed by atoms with van der Waals surface area (Å²) in [5.41, 5.74) is 1.78. The van der Waals surface area contributed by atoms with Gasteiger partial charge in [0.15, 0.2) is 5.76 Å². The van der Waals surface area contributed by atoms with Gasteiger partial charge in [0.25, 0.3) is 11.8 Å². The van der Waals surface area contributed by atoms with E-state index in [0.29, 0.717) is 53.5 Å². The highest BCUT2D eigenvalue weighted by molar-refractivity contribution is 5.93. The Kier molecular flexibility index (Phi) is 5.55. The summed E-state index contributed by atoms with van der Waals surface area (Å²) < 4.78 is 21.8. The van der Waals surface area contributed by atoms with Crippen LogP contribution in [0.4, 0.5) is 0 Å². The fraction of sp³-hybridized carbons (Fsp3) is 0.304. The van der Waals surface area contributed by atoms with E-state index < -0.39 is 0 Å². The second-order valence-corrected chi connectivity index (χ2v) is 7.72. The topological polar surface area (TPSA) is 120 Å². The second kappa shape index (κ2) is 8.81. The lowest BCUT2D eigenvalue weighted by Crippen LogP contribution is -2.38. The van der Waals surface area contributed by atoms with E-state index in [4.69, 9.17) is 18.3 Å². The average Bonchev–Trinajstić information content (AvgIpc) is 3.64. The lowest BCUT2D eigenvalue weighted by molar-refractivity contribution is 0.0700. The predicted molar refractivity (Wildman–Crippen MR) is 117 cm³/mol. The molecule has 5 rings (SSSR count). The van der Waals surface area contributed by atoms with E-state index in [1.165, 1.54) is 0 Å². The second-order valence-electron chi connectivity index (χ2n) is 7.72. The van der Waals surface area contributed by atoms with Gasteiger partial charge in [-0.1, -0.05) is 0 Å². The van der Waals surface area contributed by atoms with Crippen LogP contribution >= 0.6 is 0 Å². The minimum atomic E-state index is -0.101. The van der Waals surface area contributed by atoms with Crippen molar-refractivity contribution in [3.8, 4) is 34.4 Å². The molecule has 1 aliphatic heterocycles. The summed E-state index contributed by atoms with van der Waals surface area (Å²) in [5, 5.41) is 15.4. The number of aromatic amines is 1. The van der Waals surface area contributed by atoms with E-state index in [1.807, 2.05) is 18.2 Å². The third-order valence-corrected chi connectivity index (χ3v) is 5.79. The van der Waals surface area contributed by atoms with Crippen LogP contribution in [0, 0.1) is 0 Å². The molecule has 0 bridgehead atoms. The summed E-state index contributed by atoms with van der Waals surface area (Å²) in [6.07, 6.45) is 3.03. The van der Waals surface area contributed by atoms with Crippen molar-refractivity contribution < 1.29 is 23.1 Å². The summed E-state index contributed by atoms with van der Waals surface area (Å²) in [6.45, 7) is 1.16. The number of piperidine rings is 1. The number of methoxy groups -OCH3 is 2. The minimum absolute atomic E-state index is 0.101. The molecular weight excluding hydrogens is 426 g/mol. The first-order valence-electron chi connectivity index (χ1n) is 10.6. The molecule has 0 radical (unpaired) electrons. The molecule has 4 heterocycles. The highest BCUT2D eigenvalue weighted by Gasteiger charge is 2.29. The highest BCUT2D eigenvalue weighted by atomic mass is 16.5. The van der Waals surface area contributed by atoms with Crippen molar-refractivity contribution in [1.82, 2.24) is 25.3 Å². The molecule has 10 heteroatoms. The molecule has 170 valence electrons. The van der Waals surface area contributed by atoms with Gasteiger partial charge in [0.05, 0.1) is 26.2 Å². The van der Waals surface area contributed by atoms with Crippen LogP contribution in [0.2, 0.25) is 0 Å². The number of nitrogens with zero attached hydrogens (tertiary/aromatic N) is 4. The maximum Gasteiger partial charge on any atom is 0.283 e. The van der Waals surface area contributed by atoms with Crippen LogP contribution in [0.1, 0.15) is 35.1 Å². The Morgan fingerprint density at radius 1 is 1.12 bits per heavy atom. The Morgan fingerprint density at radius 3 is 2.70 bits per heavy atom. The van der Waals surface area contributed by atoms with E-state index in [-0.39, 0.29) is 11.8 Å². The molecular formula is C23H23N5O5. The summed E-state index contributed by atoms with van der Waals surface area (Å²) in [5.74, 6) is 2.81. The van der Waals surface area contributed by atoms with Gasteiger partial charge in [-0.15, -0.1) is 10.2 Å². The number of carbonyl (C=O) groups excluding carboxylic acids is 1. The van der Waals surface area contributed by atoms with Gasteiger partial charge in [-0.3, -0.25) is 9.89 Å². The van der Waals surface area contributed by atoms with Gasteiger partial charge in [0.2, 0.25) is 5.89 Å². The van der Waals surface area contributed by atoms with Gasteiger partial charge in [-0.05, 0) is 49.2 Å². The smallest absolute Gasteiger partial charge is 0.283 e. The molecule has 0 aliphatic carbocycles. The number of amides is 1. The molecule has 0 atom stereocenters. The summed E-state index contributed by atoms with van der Waals surface area (Å²) in [6, 6.07) is 10.7. The van der Waals surface area contributed by atoms with Gasteiger partial charge in [-0.25, -0.2) is 0 Å². The Hall–Kier alpha value is -4.08. The summed E-state index contributed by atoms with van der Waals surface area (Å²) in [4.78, 5) is 14.9. The van der Waals surface area contributed by atoms with Crippen molar-refractivity contribution in [3.63, 3.8) is 0 Å². The number of ether oxygens (including phenoxy) is 2. The normalized spacial score (nSPS) is 14.4. The number of rotatable bonds is 6. The van der Waals surface area contributed by atoms with E-state index in [2.05, 4.69) is 20.4 Å². The standard InChI is InChI=1S/C23H23N5O5/c1-30-15-5-6-19(31-2)16(12-15)17-13-18(25-24-17)23(29)28-9-7-14(8-10-28)21-26-27-22(33-21)20-4-3-11-32-20/h3-6,11-14H,7-10H2,1-2H3,(H,24,25). The molecule has 1 N–H and O–H groups in total. The Bertz CT molecular complexity index is 1240. The molecule has 1 fully saturated rings. The summed E-state index contributed by atoms with van der Waals surface area (Å²) in [7, 11) is 3.19. The number of furan rings is 1. The first kappa shape index (κ1) is 20.8. The number of hydrogen-bond acceptors (Lipinski definition) is 8. The molecule has 0 unspecified atom stereocenters. The lowest BCUT2D eigenvalue weighted by Gasteiger charge is -2.30. The fourth-order valence-electron chi connectivity index (χ4n) is 3.98. The maximum absolute atomic E-state index is 13.1. The molecule has 10 nitrogen and oxygen atoms in total. The zero-order chi connectivity index (χ0) is 22.8. The highest BCUT2D eigenvalue weighted by Crippen LogP contribution is 2.33. The average molecular weight is 449 g/mol. The number of nitrogens with one attached hydrogen (secondary N) is 1. The molecule has 1 aromatic carbocycles. The van der Waals surface area contributed by atoms with Crippen LogP contribution in [-0.2, 0) is 0 Å². The van der Waals surface area contributed by atoms with E-state index in [9.17, 15) is 4.79 Å². The predicted octanol–water partition coefficient (Wildman–Crippen LogP) is 3.76. The van der Waals surface area contributed by atoms with Gasteiger partial charge in [-0.2, -0.15) is 5.10 Å². The molecule has 3 aromatic heterocycles. The molecule has 1 amide bonds. The zero-order valence-electron chi connectivity index (χ0n) is 18.3. The number of carbonyl (C=O) groups is 1. The van der Waals surface area contributed by atoms with E-state index in [0.717, 1.165) is 18.4 Å². The largest absolute Gasteiger partial charge is 0.497 e. The number of hydrogen-bond donors (Lipinski definition) is 1. The number of benzene rings is 1. The van der Waals surface area contributed by atoms with Crippen LogP contribution in [0.15, 0.2) is 51.5 Å². The molecule has 1 saturated heterocycles. The van der Waals surface area contributed by atoms with Crippen molar-refractivity contribution >= 4 is 5.91 Å². The first-order chi connectivity index (χ1) is 16.2. The molecule has 33 heavy (non-hydrogen) atoms. The van der Waals surface area contributed by atoms with Crippen LogP contribution in [0.25, 0.3) is 22.9 Å². The third-order valence-electron chi connectivity index (χ3n) is 5.79. The third kappa shape index (κ3) is 4.07. The van der Waals surface area contributed by atoms with Gasteiger partial charge >= 0.3 is 0 Å². The van der Waals surface area contributed by atoms with Crippen LogP contribution in [-0.4, -0.2) is 58.5 Å². The van der Waals surface area contributed by atoms with Crippen LogP contribution in [0.5, 0.6) is 11.5 Å². The first-order valence-corrected chi connectivity index (χ1v) is 10.6. The molecule has 1 aliphatic rings. The number of likely N-dealkylation sites (tertiary alicyclic amines) is 1.